The molecule has 0 amide bonds. The summed E-state index contributed by atoms with van der Waals surface area (Å²) < 4.78 is 48.2. The highest BCUT2D eigenvalue weighted by Gasteiger charge is 2.36. The van der Waals surface area contributed by atoms with Crippen molar-refractivity contribution in [2.75, 3.05) is 12.0 Å². The summed E-state index contributed by atoms with van der Waals surface area (Å²) in [6.45, 7) is 2.43. The van der Waals surface area contributed by atoms with E-state index in [1.807, 2.05) is 42.2 Å². The van der Waals surface area contributed by atoms with E-state index in [0.717, 1.165) is 35.9 Å². The number of anilines is 1. The van der Waals surface area contributed by atoms with Gasteiger partial charge in [-0.1, -0.05) is 36.4 Å². The third-order valence-corrected chi connectivity index (χ3v) is 9.29. The Morgan fingerprint density at radius 1 is 0.980 bits per heavy atom. The van der Waals surface area contributed by atoms with E-state index in [2.05, 4.69) is 35.1 Å². The minimum absolute atomic E-state index is 0.163. The van der Waals surface area contributed by atoms with Crippen molar-refractivity contribution >= 4 is 16.7 Å². The van der Waals surface area contributed by atoms with Crippen molar-refractivity contribution in [2.24, 2.45) is 0 Å². The van der Waals surface area contributed by atoms with Gasteiger partial charge in [-0.25, -0.2) is 30.0 Å². The highest BCUT2D eigenvalue weighted by molar-refractivity contribution is 5.83. The Bertz CT molecular complexity index is 2300. The van der Waals surface area contributed by atoms with Crippen molar-refractivity contribution in [3.05, 3.63) is 99.9 Å². The number of hydrogen-bond acceptors (Lipinski definition) is 10. The largest absolute Gasteiger partial charge is 0.480 e. The summed E-state index contributed by atoms with van der Waals surface area (Å²) in [7, 11) is 1.54. The van der Waals surface area contributed by atoms with Gasteiger partial charge in [-0.3, -0.25) is 4.79 Å². The highest BCUT2D eigenvalue weighted by Crippen LogP contribution is 2.45. The summed E-state index contributed by atoms with van der Waals surface area (Å²) in [5.41, 5.74) is 3.28. The molecule has 5 heterocycles. The van der Waals surface area contributed by atoms with Crippen molar-refractivity contribution in [1.29, 1.82) is 0 Å². The number of ether oxygens (including phenoxy) is 1. The lowest BCUT2D eigenvalue weighted by Gasteiger charge is -2.24. The van der Waals surface area contributed by atoms with E-state index in [9.17, 15) is 18.0 Å². The molecule has 1 saturated carbocycles. The molecule has 1 N–H and O–H groups in total. The van der Waals surface area contributed by atoms with Gasteiger partial charge >= 0.3 is 6.18 Å². The number of nitrogens with zero attached hydrogens (tertiary/aromatic N) is 9. The molecule has 2 aromatic carbocycles. The fraction of sp³-hybridized carbons (Fsp3) is 0.314. The van der Waals surface area contributed by atoms with Gasteiger partial charge < -0.3 is 14.2 Å². The maximum Gasteiger partial charge on any atom is 0.434 e. The Morgan fingerprint density at radius 3 is 2.56 bits per heavy atom. The minimum atomic E-state index is -4.54. The lowest BCUT2D eigenvalue weighted by molar-refractivity contribution is -0.140. The zero-order valence-corrected chi connectivity index (χ0v) is 27.1. The molecule has 1 aliphatic carbocycles. The van der Waals surface area contributed by atoms with Crippen molar-refractivity contribution in [2.45, 2.75) is 63.8 Å². The Balaban J connectivity index is 1.21. The molecular weight excluding hydrogens is 649 g/mol. The molecule has 50 heavy (non-hydrogen) atoms. The van der Waals surface area contributed by atoms with E-state index in [-0.39, 0.29) is 24.1 Å². The molecule has 0 unspecified atom stereocenters. The molecule has 4 aromatic heterocycles. The molecule has 0 radical (unpaired) electrons. The molecule has 1 atom stereocenters. The molecule has 0 saturated heterocycles. The fourth-order valence-corrected chi connectivity index (χ4v) is 6.60. The number of imidazole rings is 1. The van der Waals surface area contributed by atoms with Crippen LogP contribution in [-0.2, 0) is 25.7 Å². The number of nitrogens with one attached hydrogen (secondary N) is 1. The summed E-state index contributed by atoms with van der Waals surface area (Å²) in [5.74, 6) is 1.64. The van der Waals surface area contributed by atoms with Gasteiger partial charge in [0.25, 0.3) is 5.56 Å². The van der Waals surface area contributed by atoms with Gasteiger partial charge in [-0.15, -0.1) is 0 Å². The number of halogens is 3. The standard InChI is InChI=1S/C35H31F3N10O2/c1-19-7-9-22-13-20(8-12-23(22)31-43-27(16-48(19)31)35(36,37)38)14-47(15-26-24-5-3-4-6-25(24)32(49)46-45-26)34-42-18-40-30(44-34)28-29(21-10-11-21)39-17-41-33(28)50-2/h3-6,8,12-13,16-19,21H,7,9-11,14-15H2,1-2H3,(H,46,49)/t19-/m0/s1. The van der Waals surface area contributed by atoms with Crippen molar-refractivity contribution < 1.29 is 17.9 Å². The number of hydrogen-bond donors (Lipinski definition) is 1. The van der Waals surface area contributed by atoms with Crippen LogP contribution in [0.5, 0.6) is 5.88 Å². The summed E-state index contributed by atoms with van der Waals surface area (Å²) in [4.78, 5) is 41.4. The molecule has 2 aliphatic rings. The second-order valence-electron chi connectivity index (χ2n) is 12.7. The Morgan fingerprint density at radius 2 is 1.78 bits per heavy atom. The van der Waals surface area contributed by atoms with Crippen LogP contribution in [-0.4, -0.2) is 51.8 Å². The van der Waals surface area contributed by atoms with Crippen LogP contribution in [0.2, 0.25) is 0 Å². The first kappa shape index (κ1) is 31.5. The number of fused-ring (bicyclic) bond motifs is 4. The van der Waals surface area contributed by atoms with Gasteiger partial charge in [0.2, 0.25) is 11.8 Å². The van der Waals surface area contributed by atoms with E-state index in [4.69, 9.17) is 9.72 Å². The molecule has 15 heteroatoms. The summed E-state index contributed by atoms with van der Waals surface area (Å²) in [5, 5.41) is 8.21. The van der Waals surface area contributed by atoms with Crippen LogP contribution in [0, 0.1) is 0 Å². The molecule has 8 rings (SSSR count). The van der Waals surface area contributed by atoms with Gasteiger partial charge in [0.15, 0.2) is 11.5 Å². The zero-order valence-electron chi connectivity index (χ0n) is 27.1. The first-order chi connectivity index (χ1) is 24.2. The Hall–Kier alpha value is -5.73. The molecule has 6 aromatic rings. The van der Waals surface area contributed by atoms with Crippen LogP contribution in [0.4, 0.5) is 19.1 Å². The number of H-pyrrole nitrogens is 1. The normalized spacial score (nSPS) is 15.7. The number of aryl methyl sites for hydroxylation is 1. The van der Waals surface area contributed by atoms with Crippen LogP contribution in [0.3, 0.4) is 0 Å². The van der Waals surface area contributed by atoms with Crippen molar-refractivity contribution in [3.63, 3.8) is 0 Å². The third kappa shape index (κ3) is 5.81. The second kappa shape index (κ2) is 12.3. The van der Waals surface area contributed by atoms with E-state index in [1.165, 1.54) is 12.7 Å². The predicted molar refractivity (Wildman–Crippen MR) is 177 cm³/mol. The molecule has 1 fully saturated rings. The van der Waals surface area contributed by atoms with E-state index in [1.54, 1.807) is 23.8 Å². The average Bonchev–Trinajstić information content (AvgIpc) is 3.89. The first-order valence-electron chi connectivity index (χ1n) is 16.3. The minimum Gasteiger partial charge on any atom is -0.480 e. The maximum atomic E-state index is 13.7. The summed E-state index contributed by atoms with van der Waals surface area (Å²) in [6.07, 6.45) is 2.78. The van der Waals surface area contributed by atoms with Crippen LogP contribution >= 0.6 is 0 Å². The molecule has 0 bridgehead atoms. The Labute approximate surface area is 283 Å². The number of aromatic nitrogens is 9. The van der Waals surface area contributed by atoms with Crippen LogP contribution < -0.4 is 15.2 Å². The van der Waals surface area contributed by atoms with Gasteiger partial charge in [-0.05, 0) is 49.8 Å². The van der Waals surface area contributed by atoms with E-state index < -0.39 is 11.9 Å². The van der Waals surface area contributed by atoms with E-state index in [0.29, 0.717) is 70.5 Å². The second-order valence-corrected chi connectivity index (χ2v) is 12.7. The average molecular weight is 681 g/mol. The van der Waals surface area contributed by atoms with Crippen molar-refractivity contribution in [1.82, 2.24) is 44.7 Å². The van der Waals surface area contributed by atoms with Gasteiger partial charge in [0.05, 0.1) is 30.4 Å². The lowest BCUT2D eigenvalue weighted by Crippen LogP contribution is -2.26. The van der Waals surface area contributed by atoms with Crippen LogP contribution in [0.1, 0.15) is 66.4 Å². The van der Waals surface area contributed by atoms with Gasteiger partial charge in [0, 0.05) is 35.7 Å². The zero-order chi connectivity index (χ0) is 34.6. The fourth-order valence-electron chi connectivity index (χ4n) is 6.60. The van der Waals surface area contributed by atoms with Gasteiger partial charge in [-0.2, -0.15) is 23.3 Å². The number of aromatic amines is 1. The summed E-state index contributed by atoms with van der Waals surface area (Å²) in [6, 6.07) is 12.8. The van der Waals surface area contributed by atoms with Crippen molar-refractivity contribution in [3.8, 4) is 28.7 Å². The maximum absolute atomic E-state index is 13.7. The summed E-state index contributed by atoms with van der Waals surface area (Å²) >= 11 is 0. The highest BCUT2D eigenvalue weighted by atomic mass is 19.4. The SMILES string of the molecule is COc1ncnc(C2CC2)c1-c1ncnc(N(Cc2ccc3c(c2)CC[C@H](C)n2cc(C(F)(F)F)nc2-3)Cc2n[nH]c(=O)c3ccccc23)n1. The van der Waals surface area contributed by atoms with Crippen LogP contribution in [0.15, 0.2) is 66.1 Å². The van der Waals surface area contributed by atoms with Crippen LogP contribution in [0.25, 0.3) is 33.5 Å². The quantitative estimate of drug-likeness (QED) is 0.202. The topological polar surface area (TPSA) is 140 Å². The molecule has 254 valence electrons. The molecule has 12 nitrogen and oxygen atoms in total. The first-order valence-corrected chi connectivity index (χ1v) is 16.3. The number of benzene rings is 2. The number of alkyl halides is 3. The predicted octanol–water partition coefficient (Wildman–Crippen LogP) is 6.05. The third-order valence-electron chi connectivity index (χ3n) is 9.29. The lowest BCUT2D eigenvalue weighted by atomic mass is 9.99. The number of rotatable bonds is 8. The molecular formula is C35H31F3N10O2. The molecule has 1 aliphatic heterocycles. The smallest absolute Gasteiger partial charge is 0.434 e. The number of methoxy groups -OCH3 is 1. The monoisotopic (exact) mass is 680 g/mol. The van der Waals surface area contributed by atoms with E-state index >= 15 is 0 Å². The molecule has 0 spiro atoms. The Kier molecular flexibility index (Phi) is 7.76. The van der Waals surface area contributed by atoms with Gasteiger partial charge in [0.1, 0.15) is 24.0 Å².